The van der Waals surface area contributed by atoms with Crippen LogP contribution in [0.5, 0.6) is 11.5 Å². The van der Waals surface area contributed by atoms with Crippen molar-refractivity contribution in [1.29, 1.82) is 0 Å². The number of hydrogen-bond acceptors (Lipinski definition) is 5. The number of ether oxygens (including phenoxy) is 2. The lowest BCUT2D eigenvalue weighted by molar-refractivity contribution is -0.123. The zero-order valence-corrected chi connectivity index (χ0v) is 14.9. The van der Waals surface area contributed by atoms with Crippen molar-refractivity contribution in [3.63, 3.8) is 0 Å². The van der Waals surface area contributed by atoms with Crippen LogP contribution in [0, 0.1) is 0 Å². The summed E-state index contributed by atoms with van der Waals surface area (Å²) in [5, 5.41) is 14.4. The molecule has 1 amide bonds. The topological polar surface area (TPSA) is 84.9 Å². The number of aromatic hydroxyl groups is 1. The molecule has 0 aromatic heterocycles. The Morgan fingerprint density at radius 2 is 1.70 bits per heavy atom. The van der Waals surface area contributed by atoms with Crippen molar-refractivity contribution in [2.24, 2.45) is 0 Å². The fraction of sp³-hybridized carbons (Fsp3) is 0.143. The number of fused-ring (bicyclic) bond motifs is 1. The van der Waals surface area contributed by atoms with E-state index in [0.29, 0.717) is 16.8 Å². The minimum Gasteiger partial charge on any atom is -0.506 e. The first kappa shape index (κ1) is 18.3. The highest BCUT2D eigenvalue weighted by atomic mass is 16.5. The van der Waals surface area contributed by atoms with Crippen LogP contribution in [-0.2, 0) is 9.53 Å². The van der Waals surface area contributed by atoms with Gasteiger partial charge in [0.1, 0.15) is 17.1 Å². The summed E-state index contributed by atoms with van der Waals surface area (Å²) in [6.45, 7) is 1.46. The molecule has 138 valence electrons. The average molecular weight is 365 g/mol. The normalized spacial score (nSPS) is 11.6. The largest absolute Gasteiger partial charge is 0.506 e. The van der Waals surface area contributed by atoms with Gasteiger partial charge >= 0.3 is 5.97 Å². The van der Waals surface area contributed by atoms with E-state index < -0.39 is 18.0 Å². The molecule has 6 heteroatoms. The first-order valence-corrected chi connectivity index (χ1v) is 8.37. The van der Waals surface area contributed by atoms with E-state index in [0.717, 1.165) is 5.39 Å². The second-order valence-electron chi connectivity index (χ2n) is 5.92. The van der Waals surface area contributed by atoms with Crippen LogP contribution in [0.2, 0.25) is 0 Å². The Kier molecular flexibility index (Phi) is 5.26. The van der Waals surface area contributed by atoms with Crippen molar-refractivity contribution in [2.75, 3.05) is 12.4 Å². The summed E-state index contributed by atoms with van der Waals surface area (Å²) in [5.41, 5.74) is 0.479. The van der Waals surface area contributed by atoms with Crippen LogP contribution in [0.4, 0.5) is 5.69 Å². The molecule has 0 saturated heterocycles. The standard InChI is InChI=1S/C21H19NO5/c1-13(20(24)22-17-9-5-6-10-18(17)26-2)27-21(25)16-12-11-14-7-3-4-8-15(14)19(16)23/h3-13,23H,1-2H3,(H,22,24)/t13-/m1/s1. The number of amides is 1. The molecule has 3 aromatic carbocycles. The van der Waals surface area contributed by atoms with E-state index >= 15 is 0 Å². The summed E-state index contributed by atoms with van der Waals surface area (Å²) in [7, 11) is 1.50. The number of para-hydroxylation sites is 2. The Morgan fingerprint density at radius 1 is 1.00 bits per heavy atom. The van der Waals surface area contributed by atoms with Gasteiger partial charge in [-0.3, -0.25) is 4.79 Å². The summed E-state index contributed by atoms with van der Waals surface area (Å²) < 4.78 is 10.4. The van der Waals surface area contributed by atoms with Crippen LogP contribution in [-0.4, -0.2) is 30.2 Å². The van der Waals surface area contributed by atoms with Crippen molar-refractivity contribution in [2.45, 2.75) is 13.0 Å². The van der Waals surface area contributed by atoms with Gasteiger partial charge in [0.25, 0.3) is 5.91 Å². The molecular formula is C21H19NO5. The summed E-state index contributed by atoms with van der Waals surface area (Å²) >= 11 is 0. The molecule has 3 rings (SSSR count). The molecule has 0 aliphatic rings. The van der Waals surface area contributed by atoms with Crippen LogP contribution in [0.3, 0.4) is 0 Å². The molecule has 1 atom stereocenters. The van der Waals surface area contributed by atoms with Gasteiger partial charge in [-0.05, 0) is 30.5 Å². The quantitative estimate of drug-likeness (QED) is 0.673. The minimum atomic E-state index is -1.06. The third kappa shape index (κ3) is 3.84. The molecule has 6 nitrogen and oxygen atoms in total. The Labute approximate surface area is 156 Å². The SMILES string of the molecule is COc1ccccc1NC(=O)[C@@H](C)OC(=O)c1ccc2ccccc2c1O. The molecule has 0 spiro atoms. The molecule has 3 aromatic rings. The molecule has 2 N–H and O–H groups in total. The number of anilines is 1. The van der Waals surface area contributed by atoms with Gasteiger partial charge in [0.05, 0.1) is 12.8 Å². The van der Waals surface area contributed by atoms with Gasteiger partial charge in [0.15, 0.2) is 6.10 Å². The summed E-state index contributed by atoms with van der Waals surface area (Å²) in [5.74, 6) is -0.957. The summed E-state index contributed by atoms with van der Waals surface area (Å²) in [6.07, 6.45) is -1.06. The van der Waals surface area contributed by atoms with Crippen LogP contribution in [0.1, 0.15) is 17.3 Å². The van der Waals surface area contributed by atoms with Crippen molar-refractivity contribution < 1.29 is 24.2 Å². The molecule has 0 aliphatic carbocycles. The van der Waals surface area contributed by atoms with E-state index in [1.807, 2.05) is 12.1 Å². The summed E-state index contributed by atoms with van der Waals surface area (Å²) in [6, 6.07) is 17.2. The van der Waals surface area contributed by atoms with Gasteiger partial charge in [-0.25, -0.2) is 4.79 Å². The lowest BCUT2D eigenvalue weighted by Gasteiger charge is -2.15. The highest BCUT2D eigenvalue weighted by Gasteiger charge is 2.22. The number of esters is 1. The van der Waals surface area contributed by atoms with E-state index in [1.165, 1.54) is 20.1 Å². The molecule has 0 bridgehead atoms. The van der Waals surface area contributed by atoms with Crippen LogP contribution < -0.4 is 10.1 Å². The van der Waals surface area contributed by atoms with Crippen LogP contribution in [0.15, 0.2) is 60.7 Å². The first-order chi connectivity index (χ1) is 13.0. The number of rotatable bonds is 5. The van der Waals surface area contributed by atoms with Gasteiger partial charge < -0.3 is 19.9 Å². The maximum absolute atomic E-state index is 12.4. The predicted octanol–water partition coefficient (Wildman–Crippen LogP) is 3.74. The Hall–Kier alpha value is -3.54. The number of benzene rings is 3. The van der Waals surface area contributed by atoms with E-state index in [4.69, 9.17) is 9.47 Å². The zero-order valence-electron chi connectivity index (χ0n) is 14.9. The van der Waals surface area contributed by atoms with Gasteiger partial charge in [-0.15, -0.1) is 0 Å². The lowest BCUT2D eigenvalue weighted by Crippen LogP contribution is -2.30. The molecular weight excluding hydrogens is 346 g/mol. The minimum absolute atomic E-state index is 0.00522. The van der Waals surface area contributed by atoms with Crippen molar-refractivity contribution >= 4 is 28.3 Å². The second kappa shape index (κ2) is 7.78. The Balaban J connectivity index is 1.74. The van der Waals surface area contributed by atoms with Crippen molar-refractivity contribution in [3.05, 3.63) is 66.2 Å². The third-order valence-electron chi connectivity index (χ3n) is 4.14. The smallest absolute Gasteiger partial charge is 0.342 e. The number of hydrogen-bond donors (Lipinski definition) is 2. The average Bonchev–Trinajstić information content (AvgIpc) is 2.68. The van der Waals surface area contributed by atoms with Crippen molar-refractivity contribution in [1.82, 2.24) is 0 Å². The number of phenolic OH excluding ortho intramolecular Hbond substituents is 1. The highest BCUT2D eigenvalue weighted by molar-refractivity contribution is 6.03. The number of methoxy groups -OCH3 is 1. The number of carbonyl (C=O) groups excluding carboxylic acids is 2. The van der Waals surface area contributed by atoms with Crippen LogP contribution >= 0.6 is 0 Å². The van der Waals surface area contributed by atoms with Gasteiger partial charge in [0, 0.05) is 5.39 Å². The van der Waals surface area contributed by atoms with E-state index in [-0.39, 0.29) is 11.3 Å². The molecule has 0 fully saturated rings. The number of nitrogens with one attached hydrogen (secondary N) is 1. The molecule has 0 unspecified atom stereocenters. The molecule has 27 heavy (non-hydrogen) atoms. The summed E-state index contributed by atoms with van der Waals surface area (Å²) in [4.78, 5) is 24.8. The van der Waals surface area contributed by atoms with Gasteiger partial charge in [0.2, 0.25) is 0 Å². The fourth-order valence-electron chi connectivity index (χ4n) is 2.68. The zero-order chi connectivity index (χ0) is 19.4. The number of carbonyl (C=O) groups is 2. The molecule has 0 heterocycles. The maximum atomic E-state index is 12.4. The molecule has 0 radical (unpaired) electrons. The highest BCUT2D eigenvalue weighted by Crippen LogP contribution is 2.29. The fourth-order valence-corrected chi connectivity index (χ4v) is 2.68. The van der Waals surface area contributed by atoms with Crippen LogP contribution in [0.25, 0.3) is 10.8 Å². The van der Waals surface area contributed by atoms with Gasteiger partial charge in [-0.1, -0.05) is 42.5 Å². The molecule has 0 aliphatic heterocycles. The lowest BCUT2D eigenvalue weighted by atomic mass is 10.1. The Bertz CT molecular complexity index is 999. The second-order valence-corrected chi connectivity index (χ2v) is 5.92. The number of phenols is 1. The third-order valence-corrected chi connectivity index (χ3v) is 4.14. The van der Waals surface area contributed by atoms with E-state index in [2.05, 4.69) is 5.32 Å². The Morgan fingerprint density at radius 3 is 2.48 bits per heavy atom. The van der Waals surface area contributed by atoms with E-state index in [1.54, 1.807) is 42.5 Å². The first-order valence-electron chi connectivity index (χ1n) is 8.37. The molecule has 0 saturated carbocycles. The maximum Gasteiger partial charge on any atom is 0.342 e. The van der Waals surface area contributed by atoms with Crippen molar-refractivity contribution in [3.8, 4) is 11.5 Å². The van der Waals surface area contributed by atoms with E-state index in [9.17, 15) is 14.7 Å². The van der Waals surface area contributed by atoms with Gasteiger partial charge in [-0.2, -0.15) is 0 Å². The monoisotopic (exact) mass is 365 g/mol. The predicted molar refractivity (Wildman–Crippen MR) is 102 cm³/mol.